The first kappa shape index (κ1) is 16.9. The van der Waals surface area contributed by atoms with Crippen LogP contribution in [-0.2, 0) is 10.0 Å². The maximum Gasteiger partial charge on any atom is 0.205 e. The van der Waals surface area contributed by atoms with Crippen molar-refractivity contribution in [2.45, 2.75) is 52.2 Å². The summed E-state index contributed by atoms with van der Waals surface area (Å²) in [5, 5.41) is 0.0156. The van der Waals surface area contributed by atoms with Crippen LogP contribution in [-0.4, -0.2) is 22.4 Å². The smallest absolute Gasteiger partial charge is 0.205 e. The molecule has 0 spiro atoms. The first-order valence-electron chi connectivity index (χ1n) is 6.04. The molecular weight excluding hydrogens is 250 g/mol. The summed E-state index contributed by atoms with van der Waals surface area (Å²) >= 11 is 0. The van der Waals surface area contributed by atoms with Crippen molar-refractivity contribution in [3.63, 3.8) is 0 Å². The van der Waals surface area contributed by atoms with Gasteiger partial charge in [-0.3, -0.25) is 0 Å². The van der Waals surface area contributed by atoms with Crippen molar-refractivity contribution >= 4 is 18.3 Å². The van der Waals surface area contributed by atoms with Gasteiger partial charge in [0.25, 0.3) is 0 Å². The fourth-order valence-corrected chi connectivity index (χ4v) is 6.86. The van der Waals surface area contributed by atoms with Crippen LogP contribution < -0.4 is 4.39 Å². The lowest BCUT2D eigenvalue weighted by molar-refractivity contribution is 0.567. The molecule has 0 heterocycles. The Morgan fingerprint density at radius 2 is 1.82 bits per heavy atom. The highest BCUT2D eigenvalue weighted by Crippen LogP contribution is 2.34. The van der Waals surface area contributed by atoms with Crippen molar-refractivity contribution in [1.82, 2.24) is 4.39 Å². The van der Waals surface area contributed by atoms with Crippen LogP contribution in [0.25, 0.3) is 0 Å². The molecule has 0 saturated heterocycles. The molecule has 17 heavy (non-hydrogen) atoms. The molecule has 0 bridgehead atoms. The molecule has 1 atom stereocenters. The fourth-order valence-electron chi connectivity index (χ4n) is 1.31. The molecule has 0 amide bonds. The largest absolute Gasteiger partial charge is 0.237 e. The number of nitrogens with one attached hydrogen (secondary N) is 1. The van der Waals surface area contributed by atoms with Crippen molar-refractivity contribution in [3.05, 3.63) is 12.7 Å². The second-order valence-corrected chi connectivity index (χ2v) is 13.5. The maximum atomic E-state index is 12.1. The summed E-state index contributed by atoms with van der Waals surface area (Å²) < 4.78 is 27.1. The third-order valence-electron chi connectivity index (χ3n) is 3.36. The van der Waals surface area contributed by atoms with E-state index in [0.29, 0.717) is 0 Å². The van der Waals surface area contributed by atoms with E-state index in [1.54, 1.807) is 6.08 Å². The monoisotopic (exact) mass is 277 g/mol. The first-order chi connectivity index (χ1) is 7.41. The molecule has 0 fully saturated rings. The summed E-state index contributed by atoms with van der Waals surface area (Å²) in [6, 6.07) is 0. The number of allylic oxidation sites excluding steroid dienone is 1. The van der Waals surface area contributed by atoms with Gasteiger partial charge in [-0.25, -0.2) is 12.8 Å². The average molecular weight is 278 g/mol. The SMILES string of the molecule is C=CC[C@H](C)CS(=O)(=O)N[Si](C)(C)C(C)(C)C. The van der Waals surface area contributed by atoms with E-state index in [-0.39, 0.29) is 16.7 Å². The summed E-state index contributed by atoms with van der Waals surface area (Å²) in [6.07, 6.45) is 2.50. The van der Waals surface area contributed by atoms with Gasteiger partial charge in [0.2, 0.25) is 10.0 Å². The normalized spacial score (nSPS) is 15.6. The van der Waals surface area contributed by atoms with Gasteiger partial charge >= 0.3 is 0 Å². The summed E-state index contributed by atoms with van der Waals surface area (Å²) in [5.74, 6) is 0.306. The van der Waals surface area contributed by atoms with Crippen molar-refractivity contribution in [1.29, 1.82) is 0 Å². The predicted octanol–water partition coefficient (Wildman–Crippen LogP) is 3.12. The minimum absolute atomic E-state index is 0.0156. The molecule has 0 aromatic carbocycles. The molecule has 3 nitrogen and oxygen atoms in total. The number of hydrogen-bond donors (Lipinski definition) is 1. The molecule has 0 rings (SSSR count). The lowest BCUT2D eigenvalue weighted by Gasteiger charge is -2.37. The summed E-state index contributed by atoms with van der Waals surface area (Å²) in [4.78, 5) is 0. The van der Waals surface area contributed by atoms with Gasteiger partial charge in [0.05, 0.1) is 5.75 Å². The van der Waals surface area contributed by atoms with E-state index in [9.17, 15) is 8.42 Å². The van der Waals surface area contributed by atoms with Crippen molar-refractivity contribution in [2.75, 3.05) is 5.75 Å². The molecule has 0 aromatic heterocycles. The molecular formula is C12H27NO2SSi. The van der Waals surface area contributed by atoms with Gasteiger partial charge in [-0.15, -0.1) is 6.58 Å². The van der Waals surface area contributed by atoms with Crippen LogP contribution in [0.1, 0.15) is 34.1 Å². The summed E-state index contributed by atoms with van der Waals surface area (Å²) in [5.41, 5.74) is 0. The van der Waals surface area contributed by atoms with Crippen molar-refractivity contribution in [3.8, 4) is 0 Å². The fraction of sp³-hybridized carbons (Fsp3) is 0.833. The Labute approximate surface area is 108 Å². The van der Waals surface area contributed by atoms with Gasteiger partial charge in [0.15, 0.2) is 0 Å². The predicted molar refractivity (Wildman–Crippen MR) is 78.1 cm³/mol. The highest BCUT2D eigenvalue weighted by Gasteiger charge is 2.39. The third kappa shape index (κ3) is 5.83. The zero-order chi connectivity index (χ0) is 13.9. The molecule has 0 aliphatic rings. The highest BCUT2D eigenvalue weighted by atomic mass is 32.2. The third-order valence-corrected chi connectivity index (χ3v) is 11.4. The minimum Gasteiger partial charge on any atom is -0.237 e. The molecule has 102 valence electrons. The van der Waals surface area contributed by atoms with Crippen LogP contribution in [0.4, 0.5) is 0 Å². The Hall–Kier alpha value is -0.133. The number of rotatable bonds is 6. The van der Waals surface area contributed by atoms with Crippen LogP contribution >= 0.6 is 0 Å². The lowest BCUT2D eigenvalue weighted by Crippen LogP contribution is -2.55. The second-order valence-electron chi connectivity index (χ2n) is 6.39. The molecule has 0 unspecified atom stereocenters. The summed E-state index contributed by atoms with van der Waals surface area (Å²) in [7, 11) is -5.17. The Morgan fingerprint density at radius 1 is 1.35 bits per heavy atom. The van der Waals surface area contributed by atoms with Crippen molar-refractivity contribution in [2.24, 2.45) is 5.92 Å². The van der Waals surface area contributed by atoms with E-state index >= 15 is 0 Å². The number of sulfonamides is 1. The van der Waals surface area contributed by atoms with E-state index in [2.05, 4.69) is 44.8 Å². The molecule has 0 aromatic rings. The van der Waals surface area contributed by atoms with Gasteiger partial charge in [-0.05, 0) is 17.4 Å². The van der Waals surface area contributed by atoms with Crippen LogP contribution in [0, 0.1) is 5.92 Å². The maximum absolute atomic E-state index is 12.1. The van der Waals surface area contributed by atoms with Gasteiger partial charge in [0.1, 0.15) is 8.24 Å². The van der Waals surface area contributed by atoms with Crippen LogP contribution in [0.2, 0.25) is 18.1 Å². The molecule has 5 heteroatoms. The zero-order valence-electron chi connectivity index (χ0n) is 12.0. The van der Waals surface area contributed by atoms with Gasteiger partial charge in [0, 0.05) is 0 Å². The standard InChI is InChI=1S/C12H27NO2SSi/c1-8-9-11(2)10-16(14,15)13-17(6,7)12(3,4)5/h8,11,13H,1,9-10H2,2-7H3/t11-/m0/s1. The molecule has 0 aliphatic carbocycles. The Bertz CT molecular complexity index is 355. The zero-order valence-corrected chi connectivity index (χ0v) is 13.8. The van der Waals surface area contributed by atoms with Gasteiger partial charge in [-0.2, -0.15) is 0 Å². The van der Waals surface area contributed by atoms with Crippen molar-refractivity contribution < 1.29 is 8.42 Å². The average Bonchev–Trinajstić information content (AvgIpc) is 1.97. The molecule has 0 aliphatic heterocycles. The second kappa shape index (κ2) is 5.67. The van der Waals surface area contributed by atoms with Gasteiger partial charge in [-0.1, -0.05) is 46.9 Å². The highest BCUT2D eigenvalue weighted by molar-refractivity contribution is 7.90. The molecule has 0 saturated carbocycles. The number of hydrogen-bond acceptors (Lipinski definition) is 2. The van der Waals surface area contributed by atoms with Crippen LogP contribution in [0.5, 0.6) is 0 Å². The first-order valence-corrected chi connectivity index (χ1v) is 10.7. The van der Waals surface area contributed by atoms with Crippen LogP contribution in [0.3, 0.4) is 0 Å². The van der Waals surface area contributed by atoms with E-state index in [0.717, 1.165) is 6.42 Å². The summed E-state index contributed by atoms with van der Waals surface area (Å²) in [6.45, 7) is 16.0. The van der Waals surface area contributed by atoms with Gasteiger partial charge < -0.3 is 0 Å². The molecule has 0 radical (unpaired) electrons. The van der Waals surface area contributed by atoms with E-state index in [1.807, 2.05) is 6.92 Å². The molecule has 1 N–H and O–H groups in total. The Kier molecular flexibility index (Phi) is 5.63. The lowest BCUT2D eigenvalue weighted by atomic mass is 10.1. The van der Waals surface area contributed by atoms with E-state index in [1.165, 1.54) is 0 Å². The Balaban J connectivity index is 4.72. The van der Waals surface area contributed by atoms with E-state index < -0.39 is 18.3 Å². The van der Waals surface area contributed by atoms with E-state index in [4.69, 9.17) is 0 Å². The Morgan fingerprint density at radius 3 is 2.18 bits per heavy atom. The van der Waals surface area contributed by atoms with Crippen LogP contribution in [0.15, 0.2) is 12.7 Å². The topological polar surface area (TPSA) is 46.2 Å². The quantitative estimate of drug-likeness (QED) is 0.599. The minimum atomic E-state index is -3.18.